The molecule has 0 radical (unpaired) electrons. The van der Waals surface area contributed by atoms with Crippen LogP contribution in [0.5, 0.6) is 11.5 Å². The van der Waals surface area contributed by atoms with Crippen LogP contribution >= 0.6 is 23.8 Å². The first kappa shape index (κ1) is 22.2. The van der Waals surface area contributed by atoms with E-state index in [1.54, 1.807) is 12.1 Å². The lowest BCUT2D eigenvalue weighted by Gasteiger charge is -2.15. The van der Waals surface area contributed by atoms with Crippen molar-refractivity contribution in [2.75, 3.05) is 20.3 Å². The zero-order chi connectivity index (χ0) is 20.7. The number of rotatable bonds is 10. The molecule has 1 aromatic carbocycles. The Morgan fingerprint density at radius 3 is 2.82 bits per heavy atom. The molecule has 0 aliphatic rings. The van der Waals surface area contributed by atoms with Crippen molar-refractivity contribution in [3.05, 3.63) is 33.3 Å². The van der Waals surface area contributed by atoms with Crippen LogP contribution in [-0.2, 0) is 13.0 Å². The highest BCUT2D eigenvalue weighted by molar-refractivity contribution is 7.71. The van der Waals surface area contributed by atoms with Crippen LogP contribution in [0.25, 0.3) is 0 Å². The summed E-state index contributed by atoms with van der Waals surface area (Å²) in [5, 5.41) is 10.2. The molecule has 0 spiro atoms. The Bertz CT molecular complexity index is 863. The highest BCUT2D eigenvalue weighted by Gasteiger charge is 2.16. The van der Waals surface area contributed by atoms with E-state index in [1.165, 1.54) is 7.11 Å². The van der Waals surface area contributed by atoms with Crippen molar-refractivity contribution in [1.29, 1.82) is 0 Å². The average molecular weight is 427 g/mol. The molecular weight excluding hydrogens is 400 g/mol. The summed E-state index contributed by atoms with van der Waals surface area (Å²) in [5.74, 6) is 1.98. The SMILES string of the molecule is CCn1c(CCNC(=O)c2cc(Cl)c(OCCC(C)C)c(OC)c2)n[nH]c1=S. The van der Waals surface area contributed by atoms with Crippen molar-refractivity contribution in [2.24, 2.45) is 5.92 Å². The summed E-state index contributed by atoms with van der Waals surface area (Å²) < 4.78 is 13.6. The number of benzene rings is 1. The van der Waals surface area contributed by atoms with Crippen molar-refractivity contribution < 1.29 is 14.3 Å². The fourth-order valence-electron chi connectivity index (χ4n) is 2.64. The van der Waals surface area contributed by atoms with Crippen LogP contribution in [0, 0.1) is 10.7 Å². The van der Waals surface area contributed by atoms with E-state index < -0.39 is 0 Å². The number of H-pyrrole nitrogens is 1. The van der Waals surface area contributed by atoms with E-state index in [2.05, 4.69) is 29.4 Å². The van der Waals surface area contributed by atoms with Gasteiger partial charge in [0.15, 0.2) is 16.3 Å². The van der Waals surface area contributed by atoms with Gasteiger partial charge in [0.25, 0.3) is 5.91 Å². The number of methoxy groups -OCH3 is 1. The minimum atomic E-state index is -0.244. The Morgan fingerprint density at radius 2 is 2.18 bits per heavy atom. The maximum absolute atomic E-state index is 12.5. The van der Waals surface area contributed by atoms with Gasteiger partial charge in [-0.05, 0) is 43.6 Å². The zero-order valence-corrected chi connectivity index (χ0v) is 18.2. The average Bonchev–Trinajstić information content (AvgIpc) is 3.01. The summed E-state index contributed by atoms with van der Waals surface area (Å²) in [6, 6.07) is 3.22. The van der Waals surface area contributed by atoms with Crippen LogP contribution in [0.3, 0.4) is 0 Å². The topological polar surface area (TPSA) is 81.2 Å². The lowest BCUT2D eigenvalue weighted by atomic mass is 10.1. The van der Waals surface area contributed by atoms with Gasteiger partial charge in [0.2, 0.25) is 0 Å². The van der Waals surface area contributed by atoms with E-state index in [0.29, 0.717) is 52.3 Å². The third-order valence-electron chi connectivity index (χ3n) is 4.22. The normalized spacial score (nSPS) is 10.9. The molecule has 2 aromatic rings. The smallest absolute Gasteiger partial charge is 0.251 e. The Morgan fingerprint density at radius 1 is 1.43 bits per heavy atom. The third kappa shape index (κ3) is 5.72. The number of aromatic nitrogens is 3. The molecule has 0 aliphatic heterocycles. The maximum Gasteiger partial charge on any atom is 0.251 e. The molecule has 0 fully saturated rings. The third-order valence-corrected chi connectivity index (χ3v) is 4.81. The second-order valence-electron chi connectivity index (χ2n) is 6.72. The lowest BCUT2D eigenvalue weighted by molar-refractivity contribution is 0.0953. The van der Waals surface area contributed by atoms with Gasteiger partial charge in [-0.25, -0.2) is 0 Å². The van der Waals surface area contributed by atoms with Crippen molar-refractivity contribution in [2.45, 2.75) is 40.2 Å². The summed E-state index contributed by atoms with van der Waals surface area (Å²) in [7, 11) is 1.52. The van der Waals surface area contributed by atoms with Crippen molar-refractivity contribution in [3.8, 4) is 11.5 Å². The van der Waals surface area contributed by atoms with Gasteiger partial charge in [-0.15, -0.1) is 0 Å². The zero-order valence-electron chi connectivity index (χ0n) is 16.7. The maximum atomic E-state index is 12.5. The highest BCUT2D eigenvalue weighted by atomic mass is 35.5. The van der Waals surface area contributed by atoms with Gasteiger partial charge in [-0.2, -0.15) is 5.10 Å². The number of carbonyl (C=O) groups excluding carboxylic acids is 1. The predicted octanol–water partition coefficient (Wildman–Crippen LogP) is 4.02. The molecule has 28 heavy (non-hydrogen) atoms. The molecule has 2 N–H and O–H groups in total. The molecule has 0 unspecified atom stereocenters. The van der Waals surface area contributed by atoms with Crippen LogP contribution in [0.1, 0.15) is 43.4 Å². The summed E-state index contributed by atoms with van der Waals surface area (Å²) in [6.07, 6.45) is 1.46. The Hall–Kier alpha value is -2.06. The van der Waals surface area contributed by atoms with Gasteiger partial charge >= 0.3 is 0 Å². The molecule has 154 valence electrons. The van der Waals surface area contributed by atoms with Gasteiger partial charge in [0, 0.05) is 25.1 Å². The Balaban J connectivity index is 2.02. The fraction of sp³-hybridized carbons (Fsp3) is 0.526. The number of ether oxygens (including phenoxy) is 2. The fourth-order valence-corrected chi connectivity index (χ4v) is 3.19. The van der Waals surface area contributed by atoms with Gasteiger partial charge in [-0.3, -0.25) is 9.89 Å². The van der Waals surface area contributed by atoms with Gasteiger partial charge < -0.3 is 19.4 Å². The van der Waals surface area contributed by atoms with Crippen molar-refractivity contribution in [1.82, 2.24) is 20.1 Å². The molecule has 1 aromatic heterocycles. The molecule has 2 rings (SSSR count). The molecular formula is C19H27ClN4O3S. The second kappa shape index (κ2) is 10.5. The summed E-state index contributed by atoms with van der Waals surface area (Å²) in [6.45, 7) is 7.92. The quantitative estimate of drug-likeness (QED) is 0.561. The monoisotopic (exact) mass is 426 g/mol. The minimum Gasteiger partial charge on any atom is -0.493 e. The van der Waals surface area contributed by atoms with Gasteiger partial charge in [0.1, 0.15) is 5.82 Å². The van der Waals surface area contributed by atoms with Crippen LogP contribution in [0.2, 0.25) is 5.02 Å². The molecule has 1 amide bonds. The van der Waals surface area contributed by atoms with Gasteiger partial charge in [0.05, 0.1) is 18.7 Å². The number of nitrogens with zero attached hydrogens (tertiary/aromatic N) is 2. The first-order chi connectivity index (χ1) is 13.4. The van der Waals surface area contributed by atoms with Crippen molar-refractivity contribution >= 4 is 29.7 Å². The Labute approximate surface area is 175 Å². The number of halogens is 1. The van der Waals surface area contributed by atoms with Crippen LogP contribution in [0.4, 0.5) is 0 Å². The first-order valence-electron chi connectivity index (χ1n) is 9.29. The van der Waals surface area contributed by atoms with E-state index >= 15 is 0 Å². The summed E-state index contributed by atoms with van der Waals surface area (Å²) in [5.41, 5.74) is 0.410. The predicted molar refractivity (Wildman–Crippen MR) is 112 cm³/mol. The molecule has 0 saturated carbocycles. The molecule has 1 heterocycles. The standard InChI is InChI=1S/C19H27ClN4O3S/c1-5-24-16(22-23-19(24)28)6-8-21-18(25)13-10-14(20)17(15(11-13)26-4)27-9-7-12(2)3/h10-12H,5-9H2,1-4H3,(H,21,25)(H,23,28). The van der Waals surface area contributed by atoms with E-state index in [4.69, 9.17) is 33.3 Å². The number of hydrogen-bond donors (Lipinski definition) is 2. The number of hydrogen-bond acceptors (Lipinski definition) is 5. The van der Waals surface area contributed by atoms with E-state index in [0.717, 1.165) is 18.8 Å². The largest absolute Gasteiger partial charge is 0.493 e. The van der Waals surface area contributed by atoms with E-state index in [9.17, 15) is 4.79 Å². The Kier molecular flexibility index (Phi) is 8.32. The van der Waals surface area contributed by atoms with Crippen LogP contribution < -0.4 is 14.8 Å². The number of amides is 1. The summed E-state index contributed by atoms with van der Waals surface area (Å²) in [4.78, 5) is 12.5. The molecule has 0 bridgehead atoms. The summed E-state index contributed by atoms with van der Waals surface area (Å²) >= 11 is 11.5. The molecule has 9 heteroatoms. The molecule has 0 aliphatic carbocycles. The van der Waals surface area contributed by atoms with Crippen molar-refractivity contribution in [3.63, 3.8) is 0 Å². The first-order valence-corrected chi connectivity index (χ1v) is 10.1. The molecule has 7 nitrogen and oxygen atoms in total. The van der Waals surface area contributed by atoms with E-state index in [-0.39, 0.29) is 5.91 Å². The van der Waals surface area contributed by atoms with E-state index in [1.807, 2.05) is 11.5 Å². The van der Waals surface area contributed by atoms with Crippen LogP contribution in [0.15, 0.2) is 12.1 Å². The van der Waals surface area contributed by atoms with Gasteiger partial charge in [-0.1, -0.05) is 25.4 Å². The second-order valence-corrected chi connectivity index (χ2v) is 7.51. The highest BCUT2D eigenvalue weighted by Crippen LogP contribution is 2.36. The lowest BCUT2D eigenvalue weighted by Crippen LogP contribution is -2.26. The minimum absolute atomic E-state index is 0.244. The molecule has 0 atom stereocenters. The number of nitrogens with one attached hydrogen (secondary N) is 2. The van der Waals surface area contributed by atoms with Crippen LogP contribution in [-0.4, -0.2) is 40.9 Å². The number of carbonyl (C=O) groups is 1. The number of aromatic amines is 1. The molecule has 0 saturated heterocycles.